The molecule has 0 heterocycles. The molecule has 112 valence electrons. The summed E-state index contributed by atoms with van der Waals surface area (Å²) in [6.07, 6.45) is 0.733. The van der Waals surface area contributed by atoms with Gasteiger partial charge in [0.1, 0.15) is 6.54 Å². The van der Waals surface area contributed by atoms with Crippen LogP contribution in [0.2, 0.25) is 0 Å². The van der Waals surface area contributed by atoms with Gasteiger partial charge in [0, 0.05) is 0 Å². The first-order chi connectivity index (χ1) is 9.53. The van der Waals surface area contributed by atoms with Crippen molar-refractivity contribution in [2.75, 3.05) is 32.6 Å². The first-order valence-corrected chi connectivity index (χ1v) is 7.84. The summed E-state index contributed by atoms with van der Waals surface area (Å²) in [7, 11) is -2.31. The molecule has 0 saturated carbocycles. The molecule has 7 heteroatoms. The fraction of sp³-hybridized carbons (Fsp3) is 0.462. The maximum Gasteiger partial charge on any atom is 0.320 e. The number of rotatable bonds is 9. The van der Waals surface area contributed by atoms with Gasteiger partial charge in [0.15, 0.2) is 0 Å². The van der Waals surface area contributed by atoms with E-state index < -0.39 is 16.0 Å². The lowest BCUT2D eigenvalue weighted by Crippen LogP contribution is -2.33. The molecule has 0 unspecified atom stereocenters. The second-order valence-corrected chi connectivity index (χ2v) is 5.99. The standard InChI is InChI=1S/C13H19NO5S/c1-18-13(15)11-14-20(16,17)10-9-19-8-7-12-5-3-2-4-6-12/h2-6,14H,7-11H2,1H3. The summed E-state index contributed by atoms with van der Waals surface area (Å²) in [6, 6.07) is 9.78. The number of hydrogen-bond acceptors (Lipinski definition) is 5. The van der Waals surface area contributed by atoms with E-state index in [0.717, 1.165) is 12.0 Å². The molecule has 0 aliphatic rings. The molecule has 1 rings (SSSR count). The van der Waals surface area contributed by atoms with E-state index in [1.165, 1.54) is 7.11 Å². The Morgan fingerprint density at radius 2 is 1.90 bits per heavy atom. The SMILES string of the molecule is COC(=O)CNS(=O)(=O)CCOCCc1ccccc1. The summed E-state index contributed by atoms with van der Waals surface area (Å²) in [5.41, 5.74) is 1.14. The Bertz CT molecular complexity index is 501. The lowest BCUT2D eigenvalue weighted by molar-refractivity contribution is -0.139. The topological polar surface area (TPSA) is 81.7 Å². The monoisotopic (exact) mass is 301 g/mol. The average Bonchev–Trinajstić information content (AvgIpc) is 2.45. The van der Waals surface area contributed by atoms with Crippen molar-refractivity contribution in [3.63, 3.8) is 0 Å². The van der Waals surface area contributed by atoms with Crippen molar-refractivity contribution in [3.8, 4) is 0 Å². The number of methoxy groups -OCH3 is 1. The van der Waals surface area contributed by atoms with E-state index in [0.29, 0.717) is 6.61 Å². The molecule has 0 atom stereocenters. The summed E-state index contributed by atoms with van der Waals surface area (Å²) < 4.78 is 34.7. The van der Waals surface area contributed by atoms with Crippen molar-refractivity contribution in [1.82, 2.24) is 4.72 Å². The van der Waals surface area contributed by atoms with Crippen LogP contribution in [0, 0.1) is 0 Å². The number of nitrogens with one attached hydrogen (secondary N) is 1. The Labute approximate surface area is 119 Å². The van der Waals surface area contributed by atoms with Gasteiger partial charge < -0.3 is 9.47 Å². The number of carbonyl (C=O) groups is 1. The third kappa shape index (κ3) is 7.22. The van der Waals surface area contributed by atoms with E-state index in [4.69, 9.17) is 4.74 Å². The first-order valence-electron chi connectivity index (χ1n) is 6.19. The maximum atomic E-state index is 11.5. The summed E-state index contributed by atoms with van der Waals surface area (Å²) in [4.78, 5) is 10.8. The number of sulfonamides is 1. The number of ether oxygens (including phenoxy) is 2. The molecule has 0 aromatic heterocycles. The van der Waals surface area contributed by atoms with Gasteiger partial charge in [0.25, 0.3) is 0 Å². The molecule has 0 bridgehead atoms. The third-order valence-corrected chi connectivity index (χ3v) is 3.83. The number of carbonyl (C=O) groups excluding carboxylic acids is 1. The van der Waals surface area contributed by atoms with Gasteiger partial charge in [-0.05, 0) is 12.0 Å². The molecule has 0 fully saturated rings. The third-order valence-electron chi connectivity index (χ3n) is 2.54. The molecule has 0 spiro atoms. The van der Waals surface area contributed by atoms with E-state index >= 15 is 0 Å². The molecule has 20 heavy (non-hydrogen) atoms. The summed E-state index contributed by atoms with van der Waals surface area (Å²) >= 11 is 0. The zero-order valence-electron chi connectivity index (χ0n) is 11.4. The Balaban J connectivity index is 2.15. The normalized spacial score (nSPS) is 11.2. The van der Waals surface area contributed by atoms with Crippen LogP contribution in [0.25, 0.3) is 0 Å². The molecule has 6 nitrogen and oxygen atoms in total. The van der Waals surface area contributed by atoms with Crippen LogP contribution in [0.4, 0.5) is 0 Å². The Hall–Kier alpha value is -1.44. The fourth-order valence-corrected chi connectivity index (χ4v) is 2.24. The van der Waals surface area contributed by atoms with Crippen LogP contribution in [0.3, 0.4) is 0 Å². The van der Waals surface area contributed by atoms with Gasteiger partial charge in [0.2, 0.25) is 10.0 Å². The minimum Gasteiger partial charge on any atom is -0.468 e. The highest BCUT2D eigenvalue weighted by molar-refractivity contribution is 7.89. The summed E-state index contributed by atoms with van der Waals surface area (Å²) in [5, 5.41) is 0. The van der Waals surface area contributed by atoms with Crippen LogP contribution in [-0.4, -0.2) is 47.0 Å². The maximum absolute atomic E-state index is 11.5. The molecule has 0 aliphatic carbocycles. The summed E-state index contributed by atoms with van der Waals surface area (Å²) in [6.45, 7) is 0.183. The zero-order chi connectivity index (χ0) is 14.8. The molecule has 0 aliphatic heterocycles. The lowest BCUT2D eigenvalue weighted by atomic mass is 10.2. The largest absolute Gasteiger partial charge is 0.468 e. The highest BCUT2D eigenvalue weighted by Crippen LogP contribution is 1.99. The molecule has 1 aromatic rings. The van der Waals surface area contributed by atoms with E-state index in [9.17, 15) is 13.2 Å². The van der Waals surface area contributed by atoms with Crippen LogP contribution in [0.15, 0.2) is 30.3 Å². The van der Waals surface area contributed by atoms with E-state index in [-0.39, 0.29) is 18.9 Å². The molecular weight excluding hydrogens is 282 g/mol. The van der Waals surface area contributed by atoms with E-state index in [1.54, 1.807) is 0 Å². The van der Waals surface area contributed by atoms with Crippen LogP contribution >= 0.6 is 0 Å². The predicted molar refractivity (Wildman–Crippen MR) is 74.8 cm³/mol. The Morgan fingerprint density at radius 3 is 2.55 bits per heavy atom. The summed E-state index contributed by atoms with van der Waals surface area (Å²) in [5.74, 6) is -0.808. The zero-order valence-corrected chi connectivity index (χ0v) is 12.2. The van der Waals surface area contributed by atoms with Crippen LogP contribution < -0.4 is 4.72 Å². The van der Waals surface area contributed by atoms with Gasteiger partial charge in [-0.3, -0.25) is 4.79 Å². The van der Waals surface area contributed by atoms with Crippen LogP contribution in [0.5, 0.6) is 0 Å². The predicted octanol–water partition coefficient (Wildman–Crippen LogP) is 0.338. The first kappa shape index (κ1) is 16.6. The number of hydrogen-bond donors (Lipinski definition) is 1. The number of esters is 1. The molecule has 0 radical (unpaired) electrons. The smallest absolute Gasteiger partial charge is 0.320 e. The van der Waals surface area contributed by atoms with Crippen molar-refractivity contribution in [3.05, 3.63) is 35.9 Å². The van der Waals surface area contributed by atoms with Gasteiger partial charge in [-0.25, -0.2) is 13.1 Å². The molecule has 0 amide bonds. The van der Waals surface area contributed by atoms with E-state index in [1.807, 2.05) is 30.3 Å². The molecular formula is C13H19NO5S. The highest BCUT2D eigenvalue weighted by Gasteiger charge is 2.12. The van der Waals surface area contributed by atoms with Gasteiger partial charge in [-0.1, -0.05) is 30.3 Å². The van der Waals surface area contributed by atoms with Gasteiger partial charge in [-0.15, -0.1) is 0 Å². The van der Waals surface area contributed by atoms with Crippen molar-refractivity contribution in [2.45, 2.75) is 6.42 Å². The van der Waals surface area contributed by atoms with Crippen molar-refractivity contribution in [2.24, 2.45) is 0 Å². The number of benzene rings is 1. The second kappa shape index (κ2) is 8.68. The minimum atomic E-state index is -3.51. The highest BCUT2D eigenvalue weighted by atomic mass is 32.2. The average molecular weight is 301 g/mol. The van der Waals surface area contributed by atoms with Gasteiger partial charge >= 0.3 is 5.97 Å². The van der Waals surface area contributed by atoms with Crippen molar-refractivity contribution >= 4 is 16.0 Å². The van der Waals surface area contributed by atoms with Crippen molar-refractivity contribution in [1.29, 1.82) is 0 Å². The van der Waals surface area contributed by atoms with Gasteiger partial charge in [-0.2, -0.15) is 0 Å². The van der Waals surface area contributed by atoms with Gasteiger partial charge in [0.05, 0.1) is 26.1 Å². The van der Waals surface area contributed by atoms with E-state index in [2.05, 4.69) is 9.46 Å². The molecule has 1 aromatic carbocycles. The molecule has 0 saturated heterocycles. The van der Waals surface area contributed by atoms with Crippen LogP contribution in [0.1, 0.15) is 5.56 Å². The molecule has 1 N–H and O–H groups in total. The quantitative estimate of drug-likeness (QED) is 0.525. The fourth-order valence-electron chi connectivity index (χ4n) is 1.42. The Morgan fingerprint density at radius 1 is 1.20 bits per heavy atom. The minimum absolute atomic E-state index is 0.0866. The van der Waals surface area contributed by atoms with Crippen LogP contribution in [-0.2, 0) is 30.7 Å². The lowest BCUT2D eigenvalue weighted by Gasteiger charge is -2.07. The second-order valence-electron chi connectivity index (χ2n) is 4.06. The van der Waals surface area contributed by atoms with Crippen molar-refractivity contribution < 1.29 is 22.7 Å². The Kier molecular flexibility index (Phi) is 7.21.